The van der Waals surface area contributed by atoms with Crippen molar-refractivity contribution in [3.05, 3.63) is 30.2 Å². The summed E-state index contributed by atoms with van der Waals surface area (Å²) in [4.78, 5) is 8.63. The van der Waals surface area contributed by atoms with Crippen molar-refractivity contribution in [2.24, 2.45) is 0 Å². The van der Waals surface area contributed by atoms with E-state index < -0.39 is 0 Å². The summed E-state index contributed by atoms with van der Waals surface area (Å²) in [6, 6.07) is 5.91. The van der Waals surface area contributed by atoms with Crippen LogP contribution in [0.2, 0.25) is 0 Å². The Labute approximate surface area is 99.6 Å². The molecule has 0 bridgehead atoms. The summed E-state index contributed by atoms with van der Waals surface area (Å²) in [6.45, 7) is 3.33. The van der Waals surface area contributed by atoms with Crippen LogP contribution in [0.3, 0.4) is 0 Å². The average Bonchev–Trinajstić information content (AvgIpc) is 2.83. The lowest BCUT2D eigenvalue weighted by molar-refractivity contribution is 0.142. The molecule has 1 aliphatic rings. The minimum absolute atomic E-state index is 0.149. The van der Waals surface area contributed by atoms with Gasteiger partial charge in [-0.2, -0.15) is 0 Å². The highest BCUT2D eigenvalue weighted by Crippen LogP contribution is 2.25. The fourth-order valence-corrected chi connectivity index (χ4v) is 2.00. The summed E-state index contributed by atoms with van der Waals surface area (Å²) in [5, 5.41) is 1.01. The average molecular weight is 230 g/mol. The van der Waals surface area contributed by atoms with Crippen molar-refractivity contribution in [3.63, 3.8) is 0 Å². The number of nitrogens with zero attached hydrogens (tertiary/aromatic N) is 2. The number of para-hydroxylation sites is 1. The Balaban J connectivity index is 1.99. The minimum atomic E-state index is 0.149. The van der Waals surface area contributed by atoms with Gasteiger partial charge in [0.05, 0.1) is 13.2 Å². The molecular formula is C13H14N2O2. The van der Waals surface area contributed by atoms with Gasteiger partial charge in [0.25, 0.3) is 0 Å². The van der Waals surface area contributed by atoms with Gasteiger partial charge in [0, 0.05) is 18.0 Å². The molecule has 1 fully saturated rings. The standard InChI is InChI=1S/C13H14N2O2/c1-9-14-7-10-3-2-4-12(13(10)15-9)17-11-5-6-16-8-11/h2-4,7,11H,5-6,8H2,1H3. The predicted octanol–water partition coefficient (Wildman–Crippen LogP) is 2.11. The molecule has 1 unspecified atom stereocenters. The smallest absolute Gasteiger partial charge is 0.146 e. The molecule has 1 atom stereocenters. The van der Waals surface area contributed by atoms with E-state index in [2.05, 4.69) is 9.97 Å². The van der Waals surface area contributed by atoms with E-state index in [-0.39, 0.29) is 6.10 Å². The molecule has 0 amide bonds. The molecule has 1 aromatic heterocycles. The summed E-state index contributed by atoms with van der Waals surface area (Å²) < 4.78 is 11.2. The fourth-order valence-electron chi connectivity index (χ4n) is 2.00. The molecule has 88 valence electrons. The van der Waals surface area contributed by atoms with Crippen LogP contribution in [0.4, 0.5) is 0 Å². The number of fused-ring (bicyclic) bond motifs is 1. The predicted molar refractivity (Wildman–Crippen MR) is 64.1 cm³/mol. The van der Waals surface area contributed by atoms with Gasteiger partial charge in [-0.1, -0.05) is 12.1 Å². The van der Waals surface area contributed by atoms with E-state index in [4.69, 9.17) is 9.47 Å². The Bertz CT molecular complexity index is 536. The molecule has 0 spiro atoms. The molecule has 1 saturated heterocycles. The number of aromatic nitrogens is 2. The van der Waals surface area contributed by atoms with Crippen molar-refractivity contribution < 1.29 is 9.47 Å². The van der Waals surface area contributed by atoms with Crippen LogP contribution in [0, 0.1) is 6.92 Å². The summed E-state index contributed by atoms with van der Waals surface area (Å²) in [6.07, 6.45) is 2.92. The van der Waals surface area contributed by atoms with Gasteiger partial charge in [0.1, 0.15) is 23.2 Å². The van der Waals surface area contributed by atoms with E-state index in [1.807, 2.05) is 31.3 Å². The van der Waals surface area contributed by atoms with Crippen LogP contribution in [0.5, 0.6) is 5.75 Å². The van der Waals surface area contributed by atoms with Gasteiger partial charge in [-0.05, 0) is 13.0 Å². The van der Waals surface area contributed by atoms with Gasteiger partial charge in [0.15, 0.2) is 0 Å². The van der Waals surface area contributed by atoms with Gasteiger partial charge in [-0.25, -0.2) is 9.97 Å². The summed E-state index contributed by atoms with van der Waals surface area (Å²) >= 11 is 0. The zero-order valence-electron chi connectivity index (χ0n) is 9.72. The molecule has 1 aliphatic heterocycles. The fraction of sp³-hybridized carbons (Fsp3) is 0.385. The molecule has 0 radical (unpaired) electrons. The van der Waals surface area contributed by atoms with Crippen LogP contribution >= 0.6 is 0 Å². The quantitative estimate of drug-likeness (QED) is 0.792. The van der Waals surface area contributed by atoms with Gasteiger partial charge >= 0.3 is 0 Å². The lowest BCUT2D eigenvalue weighted by Gasteiger charge is -2.13. The first-order valence-corrected chi connectivity index (χ1v) is 5.80. The Hall–Kier alpha value is -1.68. The van der Waals surface area contributed by atoms with Gasteiger partial charge < -0.3 is 9.47 Å². The van der Waals surface area contributed by atoms with Gasteiger partial charge in [0.2, 0.25) is 0 Å². The third kappa shape index (κ3) is 2.08. The molecule has 3 rings (SSSR count). The maximum atomic E-state index is 5.93. The maximum absolute atomic E-state index is 5.93. The van der Waals surface area contributed by atoms with Crippen LogP contribution in [-0.2, 0) is 4.74 Å². The van der Waals surface area contributed by atoms with Crippen LogP contribution in [-0.4, -0.2) is 29.3 Å². The molecule has 2 heterocycles. The maximum Gasteiger partial charge on any atom is 0.146 e. The second-order valence-corrected chi connectivity index (χ2v) is 4.21. The lowest BCUT2D eigenvalue weighted by atomic mass is 10.2. The normalized spacial score (nSPS) is 19.7. The summed E-state index contributed by atoms with van der Waals surface area (Å²) in [7, 11) is 0. The van der Waals surface area contributed by atoms with Crippen molar-refractivity contribution >= 4 is 10.9 Å². The van der Waals surface area contributed by atoms with Crippen LogP contribution < -0.4 is 4.74 Å². The highest BCUT2D eigenvalue weighted by Gasteiger charge is 2.18. The third-order valence-electron chi connectivity index (χ3n) is 2.88. The van der Waals surface area contributed by atoms with E-state index >= 15 is 0 Å². The first-order chi connectivity index (χ1) is 8.33. The molecule has 2 aromatic rings. The number of benzene rings is 1. The van der Waals surface area contributed by atoms with Gasteiger partial charge in [-0.3, -0.25) is 0 Å². The number of rotatable bonds is 2. The second kappa shape index (κ2) is 4.30. The topological polar surface area (TPSA) is 44.2 Å². The molecule has 4 nitrogen and oxygen atoms in total. The van der Waals surface area contributed by atoms with E-state index in [9.17, 15) is 0 Å². The van der Waals surface area contributed by atoms with Crippen LogP contribution in [0.25, 0.3) is 10.9 Å². The minimum Gasteiger partial charge on any atom is -0.486 e. The van der Waals surface area contributed by atoms with E-state index in [0.29, 0.717) is 6.61 Å². The highest BCUT2D eigenvalue weighted by molar-refractivity contribution is 5.83. The second-order valence-electron chi connectivity index (χ2n) is 4.21. The van der Waals surface area contributed by atoms with E-state index in [1.165, 1.54) is 0 Å². The monoisotopic (exact) mass is 230 g/mol. The molecule has 0 aliphatic carbocycles. The van der Waals surface area contributed by atoms with Crippen molar-refractivity contribution in [2.75, 3.05) is 13.2 Å². The zero-order valence-corrected chi connectivity index (χ0v) is 9.72. The molecule has 0 saturated carbocycles. The van der Waals surface area contributed by atoms with Crippen molar-refractivity contribution in [1.29, 1.82) is 0 Å². The largest absolute Gasteiger partial charge is 0.486 e. The van der Waals surface area contributed by atoms with Gasteiger partial charge in [-0.15, -0.1) is 0 Å². The van der Waals surface area contributed by atoms with Crippen molar-refractivity contribution in [1.82, 2.24) is 9.97 Å². The van der Waals surface area contributed by atoms with Crippen molar-refractivity contribution in [2.45, 2.75) is 19.4 Å². The van der Waals surface area contributed by atoms with Crippen LogP contribution in [0.15, 0.2) is 24.4 Å². The Morgan fingerprint density at radius 3 is 3.18 bits per heavy atom. The number of hydrogen-bond donors (Lipinski definition) is 0. The number of aryl methyl sites for hydroxylation is 1. The first kappa shape index (κ1) is 10.5. The van der Waals surface area contributed by atoms with E-state index in [0.717, 1.165) is 35.5 Å². The SMILES string of the molecule is Cc1ncc2cccc(OC3CCOC3)c2n1. The molecule has 0 N–H and O–H groups in total. The molecule has 17 heavy (non-hydrogen) atoms. The number of hydrogen-bond acceptors (Lipinski definition) is 4. The molecule has 4 heteroatoms. The molecule has 1 aromatic carbocycles. The highest BCUT2D eigenvalue weighted by atomic mass is 16.5. The van der Waals surface area contributed by atoms with Crippen molar-refractivity contribution in [3.8, 4) is 5.75 Å². The summed E-state index contributed by atoms with van der Waals surface area (Å²) in [5.41, 5.74) is 0.881. The third-order valence-corrected chi connectivity index (χ3v) is 2.88. The first-order valence-electron chi connectivity index (χ1n) is 5.80. The summed E-state index contributed by atoms with van der Waals surface area (Å²) in [5.74, 6) is 1.58. The Morgan fingerprint density at radius 2 is 2.35 bits per heavy atom. The number of ether oxygens (including phenoxy) is 2. The Morgan fingerprint density at radius 1 is 1.41 bits per heavy atom. The molecular weight excluding hydrogens is 216 g/mol. The van der Waals surface area contributed by atoms with Crippen LogP contribution in [0.1, 0.15) is 12.2 Å². The lowest BCUT2D eigenvalue weighted by Crippen LogP contribution is -2.16. The van der Waals surface area contributed by atoms with E-state index in [1.54, 1.807) is 0 Å². The Kier molecular flexibility index (Phi) is 2.65. The zero-order chi connectivity index (χ0) is 11.7.